The van der Waals surface area contributed by atoms with Crippen LogP contribution in [0.15, 0.2) is 75.4 Å². The molecule has 0 spiro atoms. The number of non-ortho nitro benzene ring substituents is 1. The monoisotopic (exact) mass is 496 g/mol. The number of benzene rings is 3. The third-order valence-corrected chi connectivity index (χ3v) is 5.91. The van der Waals surface area contributed by atoms with E-state index in [2.05, 4.69) is 15.5 Å². The van der Waals surface area contributed by atoms with E-state index in [1.165, 1.54) is 30.1 Å². The second kappa shape index (κ2) is 10.4. The fourth-order valence-electron chi connectivity index (χ4n) is 3.07. The topological polar surface area (TPSA) is 120 Å². The van der Waals surface area contributed by atoms with Crippen molar-refractivity contribution in [2.24, 2.45) is 5.10 Å². The van der Waals surface area contributed by atoms with Gasteiger partial charge in [0.25, 0.3) is 16.8 Å². The number of nitrogens with zero attached hydrogens (tertiary/aromatic N) is 3. The van der Waals surface area contributed by atoms with Crippen LogP contribution < -0.4 is 10.2 Å². The Kier molecular flexibility index (Phi) is 7.09. The van der Waals surface area contributed by atoms with Crippen molar-refractivity contribution in [3.05, 3.63) is 92.5 Å². The van der Waals surface area contributed by atoms with Gasteiger partial charge in [-0.1, -0.05) is 35.5 Å². The van der Waals surface area contributed by atoms with Crippen LogP contribution in [0.3, 0.4) is 0 Å². The van der Waals surface area contributed by atoms with E-state index in [4.69, 9.17) is 20.8 Å². The number of hydrazone groups is 1. The number of nitro benzene ring substituents is 1. The van der Waals surface area contributed by atoms with Gasteiger partial charge in [0.05, 0.1) is 28.8 Å². The summed E-state index contributed by atoms with van der Waals surface area (Å²) in [7, 11) is 1.59. The molecule has 1 heterocycles. The molecule has 11 heteroatoms. The highest BCUT2D eigenvalue weighted by Crippen LogP contribution is 2.30. The first kappa shape index (κ1) is 23.3. The molecule has 1 aromatic heterocycles. The second-order valence-electron chi connectivity index (χ2n) is 6.93. The zero-order chi connectivity index (χ0) is 24.1. The molecule has 1 N–H and O–H groups in total. The first-order valence-electron chi connectivity index (χ1n) is 9.87. The Morgan fingerprint density at radius 1 is 1.26 bits per heavy atom. The van der Waals surface area contributed by atoms with Crippen molar-refractivity contribution in [3.8, 4) is 5.75 Å². The largest absolute Gasteiger partial charge is 0.496 e. The molecule has 0 fully saturated rings. The van der Waals surface area contributed by atoms with Gasteiger partial charge >= 0.3 is 0 Å². The zero-order valence-corrected chi connectivity index (χ0v) is 19.3. The quantitative estimate of drug-likeness (QED) is 0.149. The van der Waals surface area contributed by atoms with Crippen molar-refractivity contribution >= 4 is 52.3 Å². The standard InChI is InChI=1S/C23H17ClN4O5S/c1-32-20-9-6-14(10-15(20)13-34-23-26-19-4-2-3-5-21(19)33-23)12-25-27-22(29)17-8-7-16(28(30)31)11-18(17)24/h2-12H,13H2,1H3,(H,27,29)/b25-12+. The van der Waals surface area contributed by atoms with E-state index in [0.717, 1.165) is 28.3 Å². The first-order chi connectivity index (χ1) is 16.4. The van der Waals surface area contributed by atoms with Crippen LogP contribution in [0.2, 0.25) is 5.02 Å². The molecule has 9 nitrogen and oxygen atoms in total. The van der Waals surface area contributed by atoms with Gasteiger partial charge in [0.15, 0.2) is 5.58 Å². The van der Waals surface area contributed by atoms with Gasteiger partial charge in [-0.15, -0.1) is 0 Å². The predicted octanol–water partition coefficient (Wildman–Crippen LogP) is 5.45. The second-order valence-corrected chi connectivity index (χ2v) is 8.26. The maximum atomic E-state index is 12.3. The van der Waals surface area contributed by atoms with E-state index in [9.17, 15) is 14.9 Å². The van der Waals surface area contributed by atoms with Gasteiger partial charge in [-0.25, -0.2) is 10.4 Å². The molecular formula is C23H17ClN4O5S. The molecule has 0 bridgehead atoms. The fraction of sp³-hybridized carbons (Fsp3) is 0.0870. The third kappa shape index (κ3) is 5.36. The molecule has 0 saturated heterocycles. The molecular weight excluding hydrogens is 480 g/mol. The average molecular weight is 497 g/mol. The SMILES string of the molecule is COc1ccc(/C=N/NC(=O)c2ccc([N+](=O)[O-])cc2Cl)cc1CSc1nc2ccccc2o1. The van der Waals surface area contributed by atoms with E-state index in [1.54, 1.807) is 19.2 Å². The van der Waals surface area contributed by atoms with Gasteiger partial charge in [-0.05, 0) is 42.0 Å². The normalized spacial score (nSPS) is 11.1. The summed E-state index contributed by atoms with van der Waals surface area (Å²) in [6.07, 6.45) is 1.48. The Morgan fingerprint density at radius 2 is 2.09 bits per heavy atom. The number of carbonyl (C=O) groups excluding carboxylic acids is 1. The predicted molar refractivity (Wildman–Crippen MR) is 130 cm³/mol. The molecule has 0 aliphatic heterocycles. The molecule has 0 radical (unpaired) electrons. The summed E-state index contributed by atoms with van der Waals surface area (Å²) in [5.41, 5.74) is 5.38. The van der Waals surface area contributed by atoms with Crippen molar-refractivity contribution in [2.45, 2.75) is 11.0 Å². The number of para-hydroxylation sites is 2. The van der Waals surface area contributed by atoms with Crippen LogP contribution in [0.1, 0.15) is 21.5 Å². The van der Waals surface area contributed by atoms with Gasteiger partial charge in [-0.3, -0.25) is 14.9 Å². The molecule has 0 saturated carbocycles. The first-order valence-corrected chi connectivity index (χ1v) is 11.2. The summed E-state index contributed by atoms with van der Waals surface area (Å²) < 4.78 is 11.2. The van der Waals surface area contributed by atoms with Crippen molar-refractivity contribution in [2.75, 3.05) is 7.11 Å². The number of methoxy groups -OCH3 is 1. The van der Waals surface area contributed by atoms with Gasteiger partial charge in [0.1, 0.15) is 11.3 Å². The van der Waals surface area contributed by atoms with Crippen LogP contribution in [0.4, 0.5) is 5.69 Å². The lowest BCUT2D eigenvalue weighted by Gasteiger charge is -2.08. The molecule has 0 aliphatic rings. The number of nitro groups is 1. The number of rotatable bonds is 8. The number of ether oxygens (including phenoxy) is 1. The molecule has 0 aliphatic carbocycles. The molecule has 34 heavy (non-hydrogen) atoms. The van der Waals surface area contributed by atoms with E-state index in [1.807, 2.05) is 30.3 Å². The van der Waals surface area contributed by atoms with Gasteiger partial charge < -0.3 is 9.15 Å². The Bertz CT molecular complexity index is 1370. The number of hydrogen-bond donors (Lipinski definition) is 1. The van der Waals surface area contributed by atoms with E-state index in [-0.39, 0.29) is 16.3 Å². The molecule has 172 valence electrons. The Labute approximate surface area is 202 Å². The Morgan fingerprint density at radius 3 is 2.82 bits per heavy atom. The lowest BCUT2D eigenvalue weighted by Crippen LogP contribution is -2.18. The van der Waals surface area contributed by atoms with Crippen molar-refractivity contribution < 1.29 is 18.9 Å². The summed E-state index contributed by atoms with van der Waals surface area (Å²) in [5, 5.41) is 15.3. The number of thioether (sulfide) groups is 1. The molecule has 3 aromatic carbocycles. The van der Waals surface area contributed by atoms with Crippen molar-refractivity contribution in [1.29, 1.82) is 0 Å². The number of hydrogen-bond acceptors (Lipinski definition) is 8. The van der Waals surface area contributed by atoms with Crippen LogP contribution in [-0.2, 0) is 5.75 Å². The summed E-state index contributed by atoms with van der Waals surface area (Å²) in [6.45, 7) is 0. The highest BCUT2D eigenvalue weighted by molar-refractivity contribution is 7.98. The van der Waals surface area contributed by atoms with E-state index < -0.39 is 10.8 Å². The lowest BCUT2D eigenvalue weighted by molar-refractivity contribution is -0.384. The van der Waals surface area contributed by atoms with Crippen LogP contribution in [0.5, 0.6) is 5.75 Å². The Hall–Kier alpha value is -3.89. The number of fused-ring (bicyclic) bond motifs is 1. The third-order valence-electron chi connectivity index (χ3n) is 4.72. The number of nitrogens with one attached hydrogen (secondary N) is 1. The smallest absolute Gasteiger partial charge is 0.272 e. The summed E-state index contributed by atoms with van der Waals surface area (Å²) in [4.78, 5) is 27.0. The molecule has 1 amide bonds. The van der Waals surface area contributed by atoms with Gasteiger partial charge in [0, 0.05) is 23.4 Å². The van der Waals surface area contributed by atoms with E-state index >= 15 is 0 Å². The summed E-state index contributed by atoms with van der Waals surface area (Å²) >= 11 is 7.42. The van der Waals surface area contributed by atoms with Crippen molar-refractivity contribution in [1.82, 2.24) is 10.4 Å². The number of aromatic nitrogens is 1. The Balaban J connectivity index is 1.43. The molecule has 0 unspecified atom stereocenters. The maximum Gasteiger partial charge on any atom is 0.272 e. The van der Waals surface area contributed by atoms with Gasteiger partial charge in [-0.2, -0.15) is 5.10 Å². The highest BCUT2D eigenvalue weighted by Gasteiger charge is 2.14. The molecule has 4 rings (SSSR count). The molecule has 4 aromatic rings. The summed E-state index contributed by atoms with van der Waals surface area (Å²) in [5.74, 6) is 0.654. The number of amides is 1. The lowest BCUT2D eigenvalue weighted by atomic mass is 10.1. The molecule has 0 atom stereocenters. The van der Waals surface area contributed by atoms with Crippen LogP contribution >= 0.6 is 23.4 Å². The van der Waals surface area contributed by atoms with E-state index in [0.29, 0.717) is 16.7 Å². The number of carbonyl (C=O) groups is 1. The minimum Gasteiger partial charge on any atom is -0.496 e. The zero-order valence-electron chi connectivity index (χ0n) is 17.7. The fourth-order valence-corrected chi connectivity index (χ4v) is 4.15. The van der Waals surface area contributed by atoms with Crippen LogP contribution in [-0.4, -0.2) is 29.1 Å². The highest BCUT2D eigenvalue weighted by atomic mass is 35.5. The van der Waals surface area contributed by atoms with Crippen molar-refractivity contribution in [3.63, 3.8) is 0 Å². The minimum absolute atomic E-state index is 0.0372. The van der Waals surface area contributed by atoms with Crippen LogP contribution in [0.25, 0.3) is 11.1 Å². The maximum absolute atomic E-state index is 12.3. The average Bonchev–Trinajstić information content (AvgIpc) is 3.25. The van der Waals surface area contributed by atoms with Gasteiger partial charge in [0.2, 0.25) is 0 Å². The summed E-state index contributed by atoms with van der Waals surface area (Å²) in [6, 6.07) is 16.6. The number of halogens is 1. The van der Waals surface area contributed by atoms with Crippen LogP contribution in [0, 0.1) is 10.1 Å². The number of oxazole rings is 1. The minimum atomic E-state index is -0.588.